The van der Waals surface area contributed by atoms with Crippen molar-refractivity contribution in [3.63, 3.8) is 0 Å². The van der Waals surface area contributed by atoms with E-state index in [1.165, 1.54) is 6.92 Å². The number of hydrogen-bond donors (Lipinski definition) is 2. The van der Waals surface area contributed by atoms with Crippen molar-refractivity contribution < 1.29 is 14.1 Å². The van der Waals surface area contributed by atoms with Gasteiger partial charge in [-0.2, -0.15) is 0 Å². The second-order valence-corrected chi connectivity index (χ2v) is 4.09. The van der Waals surface area contributed by atoms with Crippen LogP contribution in [0.2, 0.25) is 0 Å². The van der Waals surface area contributed by atoms with Gasteiger partial charge in [-0.05, 0) is 39.1 Å². The van der Waals surface area contributed by atoms with Gasteiger partial charge in [-0.1, -0.05) is 0 Å². The van der Waals surface area contributed by atoms with Gasteiger partial charge in [0.1, 0.15) is 11.4 Å². The minimum absolute atomic E-state index is 0.130. The number of benzene rings is 1. The minimum Gasteiger partial charge on any atom is -0.352 e. The van der Waals surface area contributed by atoms with Crippen LogP contribution in [0.1, 0.15) is 22.3 Å². The Hall–Kier alpha value is -2.02. The molecular formula is C12H16FN3O3. The maximum Gasteiger partial charge on any atom is 0.285 e. The number of nitro groups is 1. The Bertz CT molecular complexity index is 491. The Labute approximate surface area is 110 Å². The summed E-state index contributed by atoms with van der Waals surface area (Å²) in [6.45, 7) is 2.48. The van der Waals surface area contributed by atoms with E-state index in [2.05, 4.69) is 10.6 Å². The second kappa shape index (κ2) is 6.79. The van der Waals surface area contributed by atoms with Crippen LogP contribution in [0.3, 0.4) is 0 Å². The van der Waals surface area contributed by atoms with E-state index in [1.807, 2.05) is 0 Å². The van der Waals surface area contributed by atoms with E-state index in [-0.39, 0.29) is 16.8 Å². The highest BCUT2D eigenvalue weighted by Gasteiger charge is 2.23. The molecule has 0 saturated carbocycles. The highest BCUT2D eigenvalue weighted by molar-refractivity contribution is 5.98. The molecule has 0 aliphatic rings. The van der Waals surface area contributed by atoms with Crippen molar-refractivity contribution in [2.45, 2.75) is 13.3 Å². The van der Waals surface area contributed by atoms with Gasteiger partial charge < -0.3 is 10.6 Å². The second-order valence-electron chi connectivity index (χ2n) is 4.09. The van der Waals surface area contributed by atoms with E-state index in [4.69, 9.17) is 0 Å². The molecule has 1 amide bonds. The number of nitro benzene ring substituents is 1. The molecule has 2 N–H and O–H groups in total. The molecule has 0 radical (unpaired) electrons. The van der Waals surface area contributed by atoms with Crippen molar-refractivity contribution in [1.82, 2.24) is 10.6 Å². The summed E-state index contributed by atoms with van der Waals surface area (Å²) in [7, 11) is 1.78. The van der Waals surface area contributed by atoms with E-state index in [0.29, 0.717) is 19.5 Å². The lowest BCUT2D eigenvalue weighted by Crippen LogP contribution is -2.27. The normalized spacial score (nSPS) is 10.3. The summed E-state index contributed by atoms with van der Waals surface area (Å²) in [5, 5.41) is 16.4. The number of nitrogens with zero attached hydrogens (tertiary/aromatic N) is 1. The summed E-state index contributed by atoms with van der Waals surface area (Å²) in [4.78, 5) is 22.1. The minimum atomic E-state index is -0.669. The number of hydrogen-bond acceptors (Lipinski definition) is 4. The zero-order valence-corrected chi connectivity index (χ0v) is 10.8. The maximum atomic E-state index is 13.3. The third-order valence-electron chi connectivity index (χ3n) is 2.58. The highest BCUT2D eigenvalue weighted by atomic mass is 19.1. The van der Waals surface area contributed by atoms with E-state index in [9.17, 15) is 19.3 Å². The molecule has 0 atom stereocenters. The monoisotopic (exact) mass is 269 g/mol. The molecule has 0 saturated heterocycles. The van der Waals surface area contributed by atoms with E-state index in [1.54, 1.807) is 7.05 Å². The lowest BCUT2D eigenvalue weighted by molar-refractivity contribution is -0.385. The van der Waals surface area contributed by atoms with Gasteiger partial charge in [0.25, 0.3) is 11.6 Å². The molecule has 0 aliphatic heterocycles. The van der Waals surface area contributed by atoms with Crippen molar-refractivity contribution in [2.75, 3.05) is 20.1 Å². The van der Waals surface area contributed by atoms with Gasteiger partial charge >= 0.3 is 0 Å². The van der Waals surface area contributed by atoms with Crippen LogP contribution in [0.15, 0.2) is 12.1 Å². The van der Waals surface area contributed by atoms with Gasteiger partial charge in [0.2, 0.25) is 0 Å². The first kappa shape index (κ1) is 15.0. The van der Waals surface area contributed by atoms with Crippen LogP contribution in [0, 0.1) is 22.9 Å². The molecule has 1 aromatic carbocycles. The molecule has 0 bridgehead atoms. The molecule has 19 heavy (non-hydrogen) atoms. The first-order chi connectivity index (χ1) is 8.97. The first-order valence-electron chi connectivity index (χ1n) is 5.84. The third kappa shape index (κ3) is 3.99. The molecule has 0 aromatic heterocycles. The molecule has 7 heteroatoms. The van der Waals surface area contributed by atoms with Crippen molar-refractivity contribution in [2.24, 2.45) is 0 Å². The predicted molar refractivity (Wildman–Crippen MR) is 68.7 cm³/mol. The van der Waals surface area contributed by atoms with Gasteiger partial charge in [0, 0.05) is 12.1 Å². The van der Waals surface area contributed by atoms with Crippen LogP contribution in [-0.4, -0.2) is 31.0 Å². The predicted octanol–water partition coefficient (Wildman–Crippen LogP) is 1.38. The van der Waals surface area contributed by atoms with Crippen LogP contribution in [-0.2, 0) is 0 Å². The maximum absolute atomic E-state index is 13.3. The molecule has 1 rings (SSSR count). The summed E-state index contributed by atoms with van der Waals surface area (Å²) in [5.74, 6) is -1.30. The summed E-state index contributed by atoms with van der Waals surface area (Å²) < 4.78 is 13.3. The highest BCUT2D eigenvalue weighted by Crippen LogP contribution is 2.24. The molecule has 0 heterocycles. The summed E-state index contributed by atoms with van der Waals surface area (Å²) >= 11 is 0. The molecule has 6 nitrogen and oxygen atoms in total. The molecule has 0 unspecified atom stereocenters. The van der Waals surface area contributed by atoms with Gasteiger partial charge in [0.15, 0.2) is 0 Å². The number of rotatable bonds is 6. The average Bonchev–Trinajstić information content (AvgIpc) is 2.32. The smallest absolute Gasteiger partial charge is 0.285 e. The van der Waals surface area contributed by atoms with Gasteiger partial charge in [-0.25, -0.2) is 4.39 Å². The van der Waals surface area contributed by atoms with Crippen LogP contribution in [0.5, 0.6) is 0 Å². The van der Waals surface area contributed by atoms with Crippen LogP contribution in [0.25, 0.3) is 0 Å². The Morgan fingerprint density at radius 3 is 2.68 bits per heavy atom. The Morgan fingerprint density at radius 2 is 2.11 bits per heavy atom. The zero-order chi connectivity index (χ0) is 14.4. The van der Waals surface area contributed by atoms with Crippen molar-refractivity contribution in [1.29, 1.82) is 0 Å². The molecule has 1 aromatic rings. The van der Waals surface area contributed by atoms with Gasteiger partial charge in [-0.3, -0.25) is 14.9 Å². The van der Waals surface area contributed by atoms with Crippen molar-refractivity contribution >= 4 is 11.6 Å². The third-order valence-corrected chi connectivity index (χ3v) is 2.58. The quantitative estimate of drug-likeness (QED) is 0.464. The fraction of sp³-hybridized carbons (Fsp3) is 0.417. The topological polar surface area (TPSA) is 84.3 Å². The molecule has 0 fully saturated rings. The van der Waals surface area contributed by atoms with Gasteiger partial charge in [0.05, 0.1) is 4.92 Å². The lowest BCUT2D eigenvalue weighted by Gasteiger charge is -2.07. The summed E-state index contributed by atoms with van der Waals surface area (Å²) in [5.41, 5.74) is -0.468. The van der Waals surface area contributed by atoms with Crippen molar-refractivity contribution in [3.8, 4) is 0 Å². The Morgan fingerprint density at radius 1 is 1.42 bits per heavy atom. The fourth-order valence-electron chi connectivity index (χ4n) is 1.71. The fourth-order valence-corrected chi connectivity index (χ4v) is 1.71. The zero-order valence-electron chi connectivity index (χ0n) is 10.8. The molecule has 0 spiro atoms. The Balaban J connectivity index is 2.92. The summed E-state index contributed by atoms with van der Waals surface area (Å²) in [6, 6.07) is 1.93. The number of carbonyl (C=O) groups is 1. The summed E-state index contributed by atoms with van der Waals surface area (Å²) in [6.07, 6.45) is 0.685. The Kier molecular flexibility index (Phi) is 5.37. The van der Waals surface area contributed by atoms with E-state index >= 15 is 0 Å². The van der Waals surface area contributed by atoms with Crippen molar-refractivity contribution in [3.05, 3.63) is 39.2 Å². The van der Waals surface area contributed by atoms with Crippen LogP contribution in [0.4, 0.5) is 10.1 Å². The largest absolute Gasteiger partial charge is 0.352 e. The average molecular weight is 269 g/mol. The molecule has 0 aliphatic carbocycles. The standard InChI is InChI=1S/C12H16FN3O3/c1-8-6-9(13)7-10(11(8)16(18)19)12(17)15-5-3-4-14-2/h6-7,14H,3-5H2,1-2H3,(H,15,17). The van der Waals surface area contributed by atoms with Gasteiger partial charge in [-0.15, -0.1) is 0 Å². The lowest BCUT2D eigenvalue weighted by atomic mass is 10.1. The SMILES string of the molecule is CNCCCNC(=O)c1cc(F)cc(C)c1[N+](=O)[O-]. The van der Waals surface area contributed by atoms with E-state index in [0.717, 1.165) is 12.1 Å². The number of halogens is 1. The number of nitrogens with one attached hydrogen (secondary N) is 2. The van der Waals surface area contributed by atoms with Crippen LogP contribution < -0.4 is 10.6 Å². The number of aryl methyl sites for hydroxylation is 1. The van der Waals surface area contributed by atoms with E-state index < -0.39 is 16.6 Å². The number of carbonyl (C=O) groups excluding carboxylic acids is 1. The first-order valence-corrected chi connectivity index (χ1v) is 5.84. The molecule has 104 valence electrons. The molecular weight excluding hydrogens is 253 g/mol. The number of amides is 1. The van der Waals surface area contributed by atoms with Crippen LogP contribution >= 0.6 is 0 Å².